The second-order valence-electron chi connectivity index (χ2n) is 11.9. The Kier molecular flexibility index (Phi) is 5.09. The summed E-state index contributed by atoms with van der Waals surface area (Å²) in [6.07, 6.45) is 10.8. The number of nitriles is 1. The molecule has 0 aromatic carbocycles. The lowest BCUT2D eigenvalue weighted by Crippen LogP contribution is -2.51. The van der Waals surface area contributed by atoms with E-state index >= 15 is 0 Å². The van der Waals surface area contributed by atoms with Gasteiger partial charge in [0.25, 0.3) is 0 Å². The molecule has 5 heteroatoms. The van der Waals surface area contributed by atoms with Gasteiger partial charge in [-0.3, -0.25) is 9.48 Å². The summed E-state index contributed by atoms with van der Waals surface area (Å²) in [4.78, 5) is 13.4. The van der Waals surface area contributed by atoms with Gasteiger partial charge < -0.3 is 5.11 Å². The monoisotopic (exact) mass is 423 g/mol. The summed E-state index contributed by atoms with van der Waals surface area (Å²) in [5, 5.41) is 23.9. The summed E-state index contributed by atoms with van der Waals surface area (Å²) >= 11 is 0. The van der Waals surface area contributed by atoms with Gasteiger partial charge in [0, 0.05) is 12.1 Å². The van der Waals surface area contributed by atoms with Crippen molar-refractivity contribution >= 4 is 5.78 Å². The molecule has 4 aliphatic rings. The predicted octanol–water partition coefficient (Wildman–Crippen LogP) is 4.59. The first-order valence-corrected chi connectivity index (χ1v) is 12.4. The fraction of sp³-hybridized carbons (Fsp3) is 0.808. The number of hydrogen-bond acceptors (Lipinski definition) is 4. The van der Waals surface area contributed by atoms with Crippen LogP contribution in [0.2, 0.25) is 0 Å². The first kappa shape index (κ1) is 21.2. The number of Topliss-reactive ketones (excluding diaryl/α,β-unsaturated/α-hetero) is 1. The maximum Gasteiger partial charge on any atom is 0.162 e. The molecule has 0 saturated heterocycles. The van der Waals surface area contributed by atoms with Crippen molar-refractivity contribution in [1.82, 2.24) is 9.78 Å². The molecule has 4 aliphatic carbocycles. The SMILES string of the molecule is CC1CC(C(=O)Cn2ccc(C#N)n2)C2(C)CCC3C4CCC(C)(O)CC4CCC3C12. The topological polar surface area (TPSA) is 78.9 Å². The average molecular weight is 424 g/mol. The molecule has 5 rings (SSSR count). The molecule has 0 amide bonds. The van der Waals surface area contributed by atoms with Gasteiger partial charge in [0.1, 0.15) is 6.07 Å². The lowest BCUT2D eigenvalue weighted by Gasteiger charge is -2.57. The van der Waals surface area contributed by atoms with Crippen LogP contribution in [0.25, 0.3) is 0 Å². The van der Waals surface area contributed by atoms with E-state index in [1.807, 2.05) is 13.0 Å². The van der Waals surface area contributed by atoms with E-state index in [0.29, 0.717) is 29.2 Å². The number of ketones is 1. The largest absolute Gasteiger partial charge is 0.390 e. The molecule has 0 radical (unpaired) electrons. The van der Waals surface area contributed by atoms with E-state index in [4.69, 9.17) is 5.26 Å². The zero-order valence-corrected chi connectivity index (χ0v) is 19.3. The third-order valence-corrected chi connectivity index (χ3v) is 10.0. The van der Waals surface area contributed by atoms with Gasteiger partial charge in [0.05, 0.1) is 12.1 Å². The van der Waals surface area contributed by atoms with Crippen LogP contribution in [0.4, 0.5) is 0 Å². The number of carbonyl (C=O) groups is 1. The van der Waals surface area contributed by atoms with Crippen LogP contribution >= 0.6 is 0 Å². The van der Waals surface area contributed by atoms with Crippen molar-refractivity contribution in [2.75, 3.05) is 0 Å². The molecule has 1 aromatic rings. The molecule has 0 bridgehead atoms. The van der Waals surface area contributed by atoms with Gasteiger partial charge in [-0.05, 0) is 105 Å². The van der Waals surface area contributed by atoms with E-state index in [1.54, 1.807) is 16.9 Å². The second kappa shape index (κ2) is 7.44. The van der Waals surface area contributed by atoms with Crippen LogP contribution in [0.3, 0.4) is 0 Å². The van der Waals surface area contributed by atoms with Gasteiger partial charge in [-0.1, -0.05) is 13.8 Å². The van der Waals surface area contributed by atoms with Crippen molar-refractivity contribution < 1.29 is 9.90 Å². The highest BCUT2D eigenvalue weighted by atomic mass is 16.3. The third-order valence-electron chi connectivity index (χ3n) is 10.0. The van der Waals surface area contributed by atoms with Gasteiger partial charge in [0.2, 0.25) is 0 Å². The van der Waals surface area contributed by atoms with Crippen LogP contribution in [0.15, 0.2) is 12.3 Å². The van der Waals surface area contributed by atoms with Crippen LogP contribution in [-0.2, 0) is 11.3 Å². The molecule has 0 aliphatic heterocycles. The highest BCUT2D eigenvalue weighted by Crippen LogP contribution is 2.66. The fourth-order valence-electron chi connectivity index (χ4n) is 8.90. The Bertz CT molecular complexity index is 899. The molecule has 168 valence electrons. The van der Waals surface area contributed by atoms with Crippen molar-refractivity contribution in [2.24, 2.45) is 46.8 Å². The first-order chi connectivity index (χ1) is 14.7. The lowest BCUT2D eigenvalue weighted by molar-refractivity contribution is -0.133. The second-order valence-corrected chi connectivity index (χ2v) is 11.9. The Balaban J connectivity index is 1.34. The maximum atomic E-state index is 13.4. The summed E-state index contributed by atoms with van der Waals surface area (Å²) in [7, 11) is 0. The number of hydrogen-bond donors (Lipinski definition) is 1. The van der Waals surface area contributed by atoms with Crippen molar-refractivity contribution in [3.8, 4) is 6.07 Å². The lowest BCUT2D eigenvalue weighted by atomic mass is 9.48. The molecule has 1 aromatic heterocycles. The number of aliphatic hydroxyl groups is 1. The Morgan fingerprint density at radius 1 is 1.23 bits per heavy atom. The number of carbonyl (C=O) groups excluding carboxylic acids is 1. The Morgan fingerprint density at radius 3 is 2.74 bits per heavy atom. The maximum absolute atomic E-state index is 13.4. The molecule has 9 atom stereocenters. The number of fused-ring (bicyclic) bond motifs is 5. The van der Waals surface area contributed by atoms with E-state index in [9.17, 15) is 9.90 Å². The van der Waals surface area contributed by atoms with E-state index in [-0.39, 0.29) is 17.9 Å². The van der Waals surface area contributed by atoms with Gasteiger partial charge >= 0.3 is 0 Å². The molecule has 31 heavy (non-hydrogen) atoms. The number of aromatic nitrogens is 2. The fourth-order valence-corrected chi connectivity index (χ4v) is 8.90. The van der Waals surface area contributed by atoms with Crippen LogP contribution in [0.5, 0.6) is 0 Å². The average Bonchev–Trinajstić information content (AvgIpc) is 3.28. The highest BCUT2D eigenvalue weighted by Gasteiger charge is 2.60. The summed E-state index contributed by atoms with van der Waals surface area (Å²) in [6.45, 7) is 7.11. The van der Waals surface area contributed by atoms with E-state index in [2.05, 4.69) is 18.9 Å². The van der Waals surface area contributed by atoms with Crippen LogP contribution in [-0.4, -0.2) is 26.3 Å². The number of rotatable bonds is 3. The molecular formula is C26H37N3O2. The minimum Gasteiger partial charge on any atom is -0.390 e. The smallest absolute Gasteiger partial charge is 0.162 e. The van der Waals surface area contributed by atoms with Crippen LogP contribution in [0, 0.1) is 58.2 Å². The Morgan fingerprint density at radius 2 is 2.00 bits per heavy atom. The van der Waals surface area contributed by atoms with Crippen LogP contribution in [0.1, 0.15) is 77.8 Å². The molecule has 9 unspecified atom stereocenters. The van der Waals surface area contributed by atoms with Crippen molar-refractivity contribution in [2.45, 2.75) is 84.3 Å². The summed E-state index contributed by atoms with van der Waals surface area (Å²) < 4.78 is 1.65. The first-order valence-electron chi connectivity index (χ1n) is 12.4. The number of nitrogens with zero attached hydrogens (tertiary/aromatic N) is 3. The minimum absolute atomic E-state index is 0.0931. The zero-order chi connectivity index (χ0) is 22.0. The minimum atomic E-state index is -0.465. The van der Waals surface area contributed by atoms with E-state index < -0.39 is 5.60 Å². The van der Waals surface area contributed by atoms with Gasteiger partial charge in [-0.2, -0.15) is 10.4 Å². The zero-order valence-electron chi connectivity index (χ0n) is 19.3. The van der Waals surface area contributed by atoms with Gasteiger partial charge in [0.15, 0.2) is 11.5 Å². The predicted molar refractivity (Wildman–Crippen MR) is 118 cm³/mol. The highest BCUT2D eigenvalue weighted by molar-refractivity contribution is 5.82. The van der Waals surface area contributed by atoms with Crippen molar-refractivity contribution in [3.63, 3.8) is 0 Å². The molecule has 5 nitrogen and oxygen atoms in total. The molecule has 4 fully saturated rings. The molecule has 1 heterocycles. The Labute approximate surface area is 186 Å². The molecule has 4 saturated carbocycles. The summed E-state index contributed by atoms with van der Waals surface area (Å²) in [5.41, 5.74) is 0.00349. The standard InChI is InChI=1S/C26H37N3O2/c1-16-12-22(23(30)15-29-11-8-18(14-27)28-29)26(3)10-7-20-19-6-9-25(2,31)13-17(19)4-5-21(20)24(16)26/h8,11,16-17,19-22,24,31H,4-7,9-10,12-13,15H2,1-3H3. The Hall–Kier alpha value is -1.67. The van der Waals surface area contributed by atoms with Crippen molar-refractivity contribution in [1.29, 1.82) is 5.26 Å². The molecule has 0 spiro atoms. The van der Waals surface area contributed by atoms with E-state index in [1.165, 1.54) is 25.7 Å². The summed E-state index contributed by atoms with van der Waals surface area (Å²) in [5.74, 6) is 4.62. The molecular weight excluding hydrogens is 386 g/mol. The quantitative estimate of drug-likeness (QED) is 0.771. The normalized spacial score (nSPS) is 46.5. The summed E-state index contributed by atoms with van der Waals surface area (Å²) in [6, 6.07) is 3.73. The van der Waals surface area contributed by atoms with E-state index in [0.717, 1.165) is 43.4 Å². The third kappa shape index (κ3) is 3.46. The van der Waals surface area contributed by atoms with Gasteiger partial charge in [-0.15, -0.1) is 0 Å². The van der Waals surface area contributed by atoms with Crippen molar-refractivity contribution in [3.05, 3.63) is 18.0 Å². The molecule has 1 N–H and O–H groups in total. The van der Waals surface area contributed by atoms with Gasteiger partial charge in [-0.25, -0.2) is 0 Å². The van der Waals surface area contributed by atoms with Crippen LogP contribution < -0.4 is 0 Å².